The summed E-state index contributed by atoms with van der Waals surface area (Å²) in [5.74, 6) is 0.741. The summed E-state index contributed by atoms with van der Waals surface area (Å²) in [5.41, 5.74) is 0. The zero-order chi connectivity index (χ0) is 12.3. The predicted molar refractivity (Wildman–Crippen MR) is 57.8 cm³/mol. The molecule has 6 heteroatoms. The number of piperazine rings is 1. The van der Waals surface area contributed by atoms with Crippen molar-refractivity contribution in [1.29, 1.82) is 0 Å². The first-order valence-electron chi connectivity index (χ1n) is 6.15. The van der Waals surface area contributed by atoms with Crippen LogP contribution in [-0.4, -0.2) is 56.5 Å². The Morgan fingerprint density at radius 1 is 1.29 bits per heavy atom. The zero-order valence-corrected chi connectivity index (χ0v) is 9.80. The van der Waals surface area contributed by atoms with Crippen LogP contribution in [0.2, 0.25) is 0 Å². The van der Waals surface area contributed by atoms with E-state index >= 15 is 0 Å². The van der Waals surface area contributed by atoms with Crippen molar-refractivity contribution in [1.82, 2.24) is 10.2 Å². The maximum Gasteiger partial charge on any atom is 0.411 e. The van der Waals surface area contributed by atoms with Gasteiger partial charge < -0.3 is 10.1 Å². The Kier molecular flexibility index (Phi) is 4.27. The van der Waals surface area contributed by atoms with Crippen molar-refractivity contribution < 1.29 is 17.9 Å². The number of hydrogen-bond donors (Lipinski definition) is 1. The normalized spacial score (nSPS) is 27.4. The molecule has 1 aliphatic carbocycles. The maximum atomic E-state index is 11.9. The molecule has 1 saturated heterocycles. The van der Waals surface area contributed by atoms with Gasteiger partial charge in [0.25, 0.3) is 0 Å². The van der Waals surface area contributed by atoms with Gasteiger partial charge in [-0.2, -0.15) is 13.2 Å². The summed E-state index contributed by atoms with van der Waals surface area (Å²) in [6.07, 6.45) is -1.70. The van der Waals surface area contributed by atoms with E-state index in [-0.39, 0.29) is 6.61 Å². The Bertz CT molecular complexity index is 243. The quantitative estimate of drug-likeness (QED) is 0.745. The number of halogens is 3. The Morgan fingerprint density at radius 3 is 2.71 bits per heavy atom. The monoisotopic (exact) mass is 252 g/mol. The molecule has 0 amide bonds. The van der Waals surface area contributed by atoms with Crippen molar-refractivity contribution >= 4 is 0 Å². The number of alkyl halides is 3. The summed E-state index contributed by atoms with van der Waals surface area (Å²) < 4.78 is 40.3. The van der Waals surface area contributed by atoms with Gasteiger partial charge in [-0.3, -0.25) is 4.90 Å². The van der Waals surface area contributed by atoms with E-state index in [1.807, 2.05) is 0 Å². The van der Waals surface area contributed by atoms with Crippen LogP contribution in [0.15, 0.2) is 0 Å². The third kappa shape index (κ3) is 4.44. The Hall–Kier alpha value is -0.330. The van der Waals surface area contributed by atoms with Crippen molar-refractivity contribution in [2.75, 3.05) is 39.4 Å². The Balaban J connectivity index is 1.66. The van der Waals surface area contributed by atoms with Crippen LogP contribution in [-0.2, 0) is 4.74 Å². The van der Waals surface area contributed by atoms with Crippen LogP contribution in [0.1, 0.15) is 12.8 Å². The van der Waals surface area contributed by atoms with Gasteiger partial charge in [-0.05, 0) is 18.8 Å². The molecular weight excluding hydrogens is 233 g/mol. The second-order valence-corrected chi connectivity index (χ2v) is 4.81. The standard InChI is InChI=1S/C11H19F3N2O/c12-11(13,14)8-17-6-5-16-4-3-15-7-10(16)9-1-2-9/h9-10,15H,1-8H2. The van der Waals surface area contributed by atoms with Crippen LogP contribution in [0.25, 0.3) is 0 Å². The Labute approximate surface area is 99.3 Å². The maximum absolute atomic E-state index is 11.9. The minimum atomic E-state index is -4.21. The van der Waals surface area contributed by atoms with Gasteiger partial charge in [0.2, 0.25) is 0 Å². The molecule has 0 aromatic rings. The zero-order valence-electron chi connectivity index (χ0n) is 9.80. The number of rotatable bonds is 5. The first kappa shape index (κ1) is 13.1. The van der Waals surface area contributed by atoms with Gasteiger partial charge in [-0.25, -0.2) is 0 Å². The van der Waals surface area contributed by atoms with Crippen LogP contribution >= 0.6 is 0 Å². The van der Waals surface area contributed by atoms with E-state index in [1.54, 1.807) is 0 Å². The average molecular weight is 252 g/mol. The second-order valence-electron chi connectivity index (χ2n) is 4.81. The van der Waals surface area contributed by atoms with Crippen molar-refractivity contribution in [2.45, 2.75) is 25.1 Å². The molecule has 2 fully saturated rings. The smallest absolute Gasteiger partial charge is 0.371 e. The molecule has 1 unspecified atom stereocenters. The van der Waals surface area contributed by atoms with Gasteiger partial charge in [-0.1, -0.05) is 0 Å². The van der Waals surface area contributed by atoms with Crippen molar-refractivity contribution in [3.63, 3.8) is 0 Å². The van der Waals surface area contributed by atoms with Crippen molar-refractivity contribution in [2.24, 2.45) is 5.92 Å². The van der Waals surface area contributed by atoms with Crippen LogP contribution in [0.3, 0.4) is 0 Å². The molecule has 3 nitrogen and oxygen atoms in total. The van der Waals surface area contributed by atoms with Gasteiger partial charge in [0.05, 0.1) is 6.61 Å². The fourth-order valence-corrected chi connectivity index (χ4v) is 2.36. The van der Waals surface area contributed by atoms with E-state index in [1.165, 1.54) is 12.8 Å². The lowest BCUT2D eigenvalue weighted by Gasteiger charge is -2.36. The molecule has 0 spiro atoms. The first-order chi connectivity index (χ1) is 8.06. The molecular formula is C11H19F3N2O. The lowest BCUT2D eigenvalue weighted by molar-refractivity contribution is -0.175. The lowest BCUT2D eigenvalue weighted by Crippen LogP contribution is -2.53. The minimum absolute atomic E-state index is 0.169. The van der Waals surface area contributed by atoms with E-state index in [2.05, 4.69) is 15.0 Å². The molecule has 0 bridgehead atoms. The molecule has 0 radical (unpaired) electrons. The third-order valence-electron chi connectivity index (χ3n) is 3.35. The van der Waals surface area contributed by atoms with Gasteiger partial charge in [0.15, 0.2) is 0 Å². The van der Waals surface area contributed by atoms with E-state index in [0.717, 1.165) is 25.6 Å². The van der Waals surface area contributed by atoms with Crippen molar-refractivity contribution in [3.8, 4) is 0 Å². The molecule has 1 heterocycles. The molecule has 0 aromatic carbocycles. The van der Waals surface area contributed by atoms with Gasteiger partial charge in [0, 0.05) is 32.2 Å². The summed E-state index contributed by atoms with van der Waals surface area (Å²) in [6.45, 7) is 2.44. The largest absolute Gasteiger partial charge is 0.411 e. The predicted octanol–water partition coefficient (Wildman–Crippen LogP) is 1.25. The molecule has 1 atom stereocenters. The van der Waals surface area contributed by atoms with Crippen LogP contribution in [0, 0.1) is 5.92 Å². The summed E-state index contributed by atoms with van der Waals surface area (Å²) in [5, 5.41) is 3.34. The second kappa shape index (κ2) is 5.54. The average Bonchev–Trinajstić information content (AvgIpc) is 3.07. The highest BCUT2D eigenvalue weighted by atomic mass is 19.4. The number of nitrogens with one attached hydrogen (secondary N) is 1. The van der Waals surface area contributed by atoms with E-state index in [0.29, 0.717) is 12.6 Å². The van der Waals surface area contributed by atoms with Crippen molar-refractivity contribution in [3.05, 3.63) is 0 Å². The number of hydrogen-bond acceptors (Lipinski definition) is 3. The van der Waals surface area contributed by atoms with Crippen LogP contribution in [0.4, 0.5) is 13.2 Å². The van der Waals surface area contributed by atoms with Gasteiger partial charge >= 0.3 is 6.18 Å². The van der Waals surface area contributed by atoms with E-state index in [9.17, 15) is 13.2 Å². The molecule has 17 heavy (non-hydrogen) atoms. The summed E-state index contributed by atoms with van der Waals surface area (Å²) in [4.78, 5) is 2.27. The molecule has 2 aliphatic rings. The van der Waals surface area contributed by atoms with Crippen LogP contribution < -0.4 is 5.32 Å². The number of nitrogens with zero attached hydrogens (tertiary/aromatic N) is 1. The fourth-order valence-electron chi connectivity index (χ4n) is 2.36. The highest BCUT2D eigenvalue weighted by Gasteiger charge is 2.36. The third-order valence-corrected chi connectivity index (χ3v) is 3.35. The summed E-state index contributed by atoms with van der Waals surface area (Å²) >= 11 is 0. The molecule has 1 N–H and O–H groups in total. The highest BCUT2D eigenvalue weighted by Crippen LogP contribution is 2.35. The SMILES string of the molecule is FC(F)(F)COCCN1CCNCC1C1CC1. The topological polar surface area (TPSA) is 24.5 Å². The summed E-state index contributed by atoms with van der Waals surface area (Å²) in [7, 11) is 0. The molecule has 1 aliphatic heterocycles. The molecule has 2 rings (SSSR count). The molecule has 100 valence electrons. The molecule has 1 saturated carbocycles. The van der Waals surface area contributed by atoms with Gasteiger partial charge in [0.1, 0.15) is 6.61 Å². The molecule has 0 aromatic heterocycles. The van der Waals surface area contributed by atoms with Crippen LogP contribution in [0.5, 0.6) is 0 Å². The van der Waals surface area contributed by atoms with Gasteiger partial charge in [-0.15, -0.1) is 0 Å². The lowest BCUT2D eigenvalue weighted by atomic mass is 10.1. The highest BCUT2D eigenvalue weighted by molar-refractivity contribution is 4.92. The summed E-state index contributed by atoms with van der Waals surface area (Å²) in [6, 6.07) is 0.498. The van der Waals surface area contributed by atoms with E-state index < -0.39 is 12.8 Å². The van der Waals surface area contributed by atoms with E-state index in [4.69, 9.17) is 0 Å². The number of ether oxygens (including phenoxy) is 1. The minimum Gasteiger partial charge on any atom is -0.371 e. The Morgan fingerprint density at radius 2 is 2.06 bits per heavy atom. The fraction of sp³-hybridized carbons (Fsp3) is 1.00. The first-order valence-corrected chi connectivity index (χ1v) is 6.15.